The molecule has 1 aromatic rings. The largest absolute Gasteiger partial charge is 0.573 e. The average molecular weight is 376 g/mol. The number of anilines is 1. The van der Waals surface area contributed by atoms with E-state index < -0.39 is 6.36 Å². The van der Waals surface area contributed by atoms with E-state index in [1.54, 1.807) is 0 Å². The second kappa shape index (κ2) is 9.82. The minimum absolute atomic E-state index is 0.267. The predicted molar refractivity (Wildman–Crippen MR) is 94.8 cm³/mol. The van der Waals surface area contributed by atoms with Gasteiger partial charge >= 0.3 is 6.36 Å². The van der Waals surface area contributed by atoms with Crippen LogP contribution in [0.5, 0.6) is 5.75 Å². The summed E-state index contributed by atoms with van der Waals surface area (Å²) in [6.45, 7) is 1.37. The van der Waals surface area contributed by atoms with Crippen LogP contribution in [-0.4, -0.2) is 30.7 Å². The van der Waals surface area contributed by atoms with Gasteiger partial charge in [-0.25, -0.2) is 0 Å². The van der Waals surface area contributed by atoms with Gasteiger partial charge in [0.15, 0.2) is 5.11 Å². The first-order chi connectivity index (χ1) is 11.9. The Labute approximate surface area is 151 Å². The Morgan fingerprint density at radius 1 is 1.12 bits per heavy atom. The van der Waals surface area contributed by atoms with Crippen molar-refractivity contribution in [2.24, 2.45) is 0 Å². The van der Waals surface area contributed by atoms with Gasteiger partial charge in [0, 0.05) is 18.8 Å². The number of hydrogen-bond donors (Lipinski definition) is 2. The van der Waals surface area contributed by atoms with Gasteiger partial charge in [0.1, 0.15) is 5.75 Å². The molecule has 2 rings (SSSR count). The number of alkyl halides is 3. The van der Waals surface area contributed by atoms with Gasteiger partial charge in [0.2, 0.25) is 0 Å². The van der Waals surface area contributed by atoms with Gasteiger partial charge < -0.3 is 20.1 Å². The highest BCUT2D eigenvalue weighted by Crippen LogP contribution is 2.24. The quantitative estimate of drug-likeness (QED) is 0.537. The first-order valence-electron chi connectivity index (χ1n) is 8.45. The van der Waals surface area contributed by atoms with Gasteiger partial charge in [-0.05, 0) is 55.7 Å². The third kappa shape index (κ3) is 8.40. The summed E-state index contributed by atoms with van der Waals surface area (Å²) < 4.78 is 45.9. The van der Waals surface area contributed by atoms with Crippen molar-refractivity contribution in [3.63, 3.8) is 0 Å². The van der Waals surface area contributed by atoms with Crippen LogP contribution in [0.15, 0.2) is 24.3 Å². The fourth-order valence-corrected chi connectivity index (χ4v) is 2.89. The lowest BCUT2D eigenvalue weighted by molar-refractivity contribution is -0.274. The van der Waals surface area contributed by atoms with E-state index in [0.29, 0.717) is 30.1 Å². The molecular formula is C17H23F3N2O2S. The van der Waals surface area contributed by atoms with Crippen LogP contribution in [0.3, 0.4) is 0 Å². The molecule has 1 saturated carbocycles. The van der Waals surface area contributed by atoms with Crippen LogP contribution in [0.2, 0.25) is 0 Å². The van der Waals surface area contributed by atoms with E-state index in [1.165, 1.54) is 43.5 Å². The molecule has 0 radical (unpaired) electrons. The van der Waals surface area contributed by atoms with Gasteiger partial charge in [-0.2, -0.15) is 0 Å². The fourth-order valence-electron chi connectivity index (χ4n) is 2.67. The number of benzene rings is 1. The summed E-state index contributed by atoms with van der Waals surface area (Å²) >= 11 is 5.16. The molecule has 0 saturated heterocycles. The molecule has 0 atom stereocenters. The summed E-state index contributed by atoms with van der Waals surface area (Å²) in [7, 11) is 0. The molecule has 1 aliphatic carbocycles. The molecule has 0 unspecified atom stereocenters. The van der Waals surface area contributed by atoms with E-state index in [-0.39, 0.29) is 5.75 Å². The Balaban J connectivity index is 1.59. The van der Waals surface area contributed by atoms with Crippen LogP contribution in [0.25, 0.3) is 0 Å². The molecule has 0 heterocycles. The van der Waals surface area contributed by atoms with Crippen molar-refractivity contribution in [3.8, 4) is 5.75 Å². The van der Waals surface area contributed by atoms with E-state index in [4.69, 9.17) is 17.0 Å². The third-order valence-corrected chi connectivity index (χ3v) is 4.10. The maximum Gasteiger partial charge on any atom is 0.573 e. The zero-order valence-corrected chi connectivity index (χ0v) is 14.7. The lowest BCUT2D eigenvalue weighted by Gasteiger charge is -2.22. The number of nitrogens with one attached hydrogen (secondary N) is 2. The number of thiocarbonyl (C=S) groups is 1. The predicted octanol–water partition coefficient (Wildman–Crippen LogP) is 4.61. The number of hydrogen-bond acceptors (Lipinski definition) is 3. The molecule has 0 bridgehead atoms. The van der Waals surface area contributed by atoms with Gasteiger partial charge in [-0.1, -0.05) is 19.3 Å². The van der Waals surface area contributed by atoms with E-state index in [9.17, 15) is 13.2 Å². The summed E-state index contributed by atoms with van der Waals surface area (Å²) in [6.07, 6.45) is 2.68. The first kappa shape index (κ1) is 19.8. The van der Waals surface area contributed by atoms with Crippen molar-refractivity contribution >= 4 is 23.0 Å². The highest BCUT2D eigenvalue weighted by Gasteiger charge is 2.30. The molecule has 1 fully saturated rings. The smallest absolute Gasteiger partial charge is 0.406 e. The highest BCUT2D eigenvalue weighted by atomic mass is 32.1. The Morgan fingerprint density at radius 3 is 2.44 bits per heavy atom. The normalized spacial score (nSPS) is 15.6. The summed E-state index contributed by atoms with van der Waals surface area (Å²) in [4.78, 5) is 0. The number of halogens is 3. The number of ether oxygens (including phenoxy) is 2. The molecule has 0 spiro atoms. The van der Waals surface area contributed by atoms with Crippen molar-refractivity contribution in [2.45, 2.75) is 51.0 Å². The average Bonchev–Trinajstić information content (AvgIpc) is 2.56. The molecule has 140 valence electrons. The van der Waals surface area contributed by atoms with E-state index in [0.717, 1.165) is 19.3 Å². The monoisotopic (exact) mass is 376 g/mol. The van der Waals surface area contributed by atoms with Gasteiger partial charge in [-0.3, -0.25) is 0 Å². The third-order valence-electron chi connectivity index (χ3n) is 3.86. The Bertz CT molecular complexity index is 532. The molecule has 0 amide bonds. The second-order valence-corrected chi connectivity index (χ2v) is 6.35. The van der Waals surface area contributed by atoms with Crippen LogP contribution < -0.4 is 15.4 Å². The van der Waals surface area contributed by atoms with Crippen molar-refractivity contribution in [1.29, 1.82) is 0 Å². The van der Waals surface area contributed by atoms with Crippen molar-refractivity contribution < 1.29 is 22.6 Å². The molecule has 25 heavy (non-hydrogen) atoms. The number of rotatable bonds is 7. The zero-order valence-electron chi connectivity index (χ0n) is 13.9. The summed E-state index contributed by atoms with van der Waals surface area (Å²) in [5, 5.41) is 6.38. The maximum atomic E-state index is 12.1. The van der Waals surface area contributed by atoms with E-state index in [2.05, 4.69) is 15.4 Å². The molecule has 0 aromatic heterocycles. The van der Waals surface area contributed by atoms with Crippen molar-refractivity contribution in [1.82, 2.24) is 5.32 Å². The molecule has 0 aliphatic heterocycles. The molecule has 1 aliphatic rings. The molecule has 8 heteroatoms. The standard InChI is InChI=1S/C17H23F3N2O2S/c18-17(19,20)24-15-9-7-13(8-10-15)22-16(25)21-11-4-12-23-14-5-2-1-3-6-14/h7-10,14H,1-6,11-12H2,(H2,21,22,25). The lowest BCUT2D eigenvalue weighted by atomic mass is 9.98. The highest BCUT2D eigenvalue weighted by molar-refractivity contribution is 7.80. The first-order valence-corrected chi connectivity index (χ1v) is 8.85. The van der Waals surface area contributed by atoms with Crippen LogP contribution >= 0.6 is 12.2 Å². The zero-order chi connectivity index (χ0) is 18.1. The topological polar surface area (TPSA) is 42.5 Å². The van der Waals surface area contributed by atoms with Crippen molar-refractivity contribution in [3.05, 3.63) is 24.3 Å². The Morgan fingerprint density at radius 2 is 1.80 bits per heavy atom. The Kier molecular flexibility index (Phi) is 7.77. The second-order valence-electron chi connectivity index (χ2n) is 5.94. The summed E-state index contributed by atoms with van der Waals surface area (Å²) in [5.74, 6) is -0.267. The van der Waals surface area contributed by atoms with Crippen molar-refractivity contribution in [2.75, 3.05) is 18.5 Å². The molecular weight excluding hydrogens is 353 g/mol. The lowest BCUT2D eigenvalue weighted by Crippen LogP contribution is -2.30. The minimum atomic E-state index is -4.69. The van der Waals surface area contributed by atoms with Gasteiger partial charge in [0.25, 0.3) is 0 Å². The van der Waals surface area contributed by atoms with E-state index >= 15 is 0 Å². The van der Waals surface area contributed by atoms with Crippen LogP contribution in [0, 0.1) is 0 Å². The van der Waals surface area contributed by atoms with Gasteiger partial charge in [-0.15, -0.1) is 13.2 Å². The van der Waals surface area contributed by atoms with Crippen LogP contribution in [0.4, 0.5) is 18.9 Å². The van der Waals surface area contributed by atoms with Gasteiger partial charge in [0.05, 0.1) is 6.10 Å². The molecule has 1 aromatic carbocycles. The fraction of sp³-hybridized carbons (Fsp3) is 0.588. The van der Waals surface area contributed by atoms with Crippen LogP contribution in [-0.2, 0) is 4.74 Å². The molecule has 2 N–H and O–H groups in total. The van der Waals surface area contributed by atoms with Crippen LogP contribution in [0.1, 0.15) is 38.5 Å². The minimum Gasteiger partial charge on any atom is -0.406 e. The Hall–Kier alpha value is -1.54. The summed E-state index contributed by atoms with van der Waals surface area (Å²) in [6, 6.07) is 5.41. The summed E-state index contributed by atoms with van der Waals surface area (Å²) in [5.41, 5.74) is 0.588. The molecule has 4 nitrogen and oxygen atoms in total. The maximum absolute atomic E-state index is 12.1. The SMILES string of the molecule is FC(F)(F)Oc1ccc(NC(=S)NCCCOC2CCCCC2)cc1. The van der Waals surface area contributed by atoms with E-state index in [1.807, 2.05) is 0 Å².